The molecule has 2 heterocycles. The highest BCUT2D eigenvalue weighted by Gasteiger charge is 2.27. The number of amides is 1. The molecular weight excluding hydrogens is 439 g/mol. The Morgan fingerprint density at radius 3 is 2.70 bits per heavy atom. The van der Waals surface area contributed by atoms with Gasteiger partial charge in [0, 0.05) is 42.2 Å². The van der Waals surface area contributed by atoms with Gasteiger partial charge in [0.25, 0.3) is 5.91 Å². The Bertz CT molecular complexity index is 1140. The van der Waals surface area contributed by atoms with Crippen molar-refractivity contribution in [1.29, 1.82) is 0 Å². The van der Waals surface area contributed by atoms with Gasteiger partial charge in [0.15, 0.2) is 0 Å². The lowest BCUT2D eigenvalue weighted by molar-refractivity contribution is 0.0719. The Morgan fingerprint density at radius 2 is 2.00 bits per heavy atom. The van der Waals surface area contributed by atoms with E-state index < -0.39 is 0 Å². The molecule has 1 aliphatic heterocycles. The van der Waals surface area contributed by atoms with Crippen molar-refractivity contribution in [3.8, 4) is 5.69 Å². The molecule has 0 N–H and O–H groups in total. The van der Waals surface area contributed by atoms with Gasteiger partial charge in [-0.2, -0.15) is 5.10 Å². The van der Waals surface area contributed by atoms with Crippen LogP contribution in [0.15, 0.2) is 48.5 Å². The van der Waals surface area contributed by atoms with Crippen molar-refractivity contribution in [2.24, 2.45) is 5.92 Å². The van der Waals surface area contributed by atoms with Crippen LogP contribution in [0.25, 0.3) is 5.69 Å². The minimum absolute atomic E-state index is 0.0663. The van der Waals surface area contributed by atoms with Crippen molar-refractivity contribution >= 4 is 17.5 Å². The van der Waals surface area contributed by atoms with Crippen LogP contribution in [0.4, 0.5) is 4.39 Å². The van der Waals surface area contributed by atoms with E-state index in [4.69, 9.17) is 16.7 Å². The standard InChI is InChI=1S/C26H30ClFN4O/c1-4-30-12-11-25-23(16-30)24(29-32(25)22-10-6-9-21(28)14-22)17-31(15-18(2)3)26(33)19-7-5-8-20(27)13-19/h5-10,13-14,18H,4,11-12,15-17H2,1-3H3. The molecule has 0 fully saturated rings. The molecule has 0 bridgehead atoms. The van der Waals surface area contributed by atoms with Crippen molar-refractivity contribution in [3.05, 3.63) is 81.9 Å². The molecule has 2 aromatic carbocycles. The molecule has 3 aromatic rings. The fourth-order valence-corrected chi connectivity index (χ4v) is 4.60. The Hall–Kier alpha value is -2.70. The summed E-state index contributed by atoms with van der Waals surface area (Å²) in [6, 6.07) is 13.6. The maximum Gasteiger partial charge on any atom is 0.254 e. The first-order valence-corrected chi connectivity index (χ1v) is 11.9. The van der Waals surface area contributed by atoms with E-state index in [0.717, 1.165) is 43.0 Å². The quantitative estimate of drug-likeness (QED) is 0.470. The van der Waals surface area contributed by atoms with Crippen LogP contribution in [0, 0.1) is 11.7 Å². The molecule has 1 aromatic heterocycles. The molecule has 5 nitrogen and oxygen atoms in total. The van der Waals surface area contributed by atoms with E-state index in [1.54, 1.807) is 30.3 Å². The average Bonchev–Trinajstić information content (AvgIpc) is 3.15. The van der Waals surface area contributed by atoms with Crippen LogP contribution in [0.3, 0.4) is 0 Å². The maximum absolute atomic E-state index is 14.0. The monoisotopic (exact) mass is 468 g/mol. The summed E-state index contributed by atoms with van der Waals surface area (Å²) in [5, 5.41) is 5.45. The first-order valence-electron chi connectivity index (χ1n) is 11.5. The molecule has 0 radical (unpaired) electrons. The second kappa shape index (κ2) is 10.1. The first kappa shape index (κ1) is 23.5. The molecule has 0 atom stereocenters. The van der Waals surface area contributed by atoms with Gasteiger partial charge in [0.05, 0.1) is 23.6 Å². The third-order valence-electron chi connectivity index (χ3n) is 6.00. The zero-order valence-corrected chi connectivity index (χ0v) is 20.1. The predicted molar refractivity (Wildman–Crippen MR) is 129 cm³/mol. The van der Waals surface area contributed by atoms with Crippen LogP contribution in [0.5, 0.6) is 0 Å². The molecular formula is C26H30ClFN4O. The summed E-state index contributed by atoms with van der Waals surface area (Å²) >= 11 is 6.15. The molecule has 1 amide bonds. The Balaban J connectivity index is 1.73. The molecule has 33 heavy (non-hydrogen) atoms. The topological polar surface area (TPSA) is 41.4 Å². The molecule has 4 rings (SSSR count). The lowest BCUT2D eigenvalue weighted by Crippen LogP contribution is -2.35. The van der Waals surface area contributed by atoms with Gasteiger partial charge in [-0.05, 0) is 48.9 Å². The molecule has 0 unspecified atom stereocenters. The summed E-state index contributed by atoms with van der Waals surface area (Å²) in [5.74, 6) is -0.0633. The molecule has 0 saturated heterocycles. The molecule has 0 saturated carbocycles. The maximum atomic E-state index is 14.0. The van der Waals surface area contributed by atoms with E-state index in [9.17, 15) is 9.18 Å². The third kappa shape index (κ3) is 5.28. The number of benzene rings is 2. The fraction of sp³-hybridized carbons (Fsp3) is 0.385. The zero-order chi connectivity index (χ0) is 23.5. The van der Waals surface area contributed by atoms with Crippen molar-refractivity contribution in [2.75, 3.05) is 19.6 Å². The van der Waals surface area contributed by atoms with Gasteiger partial charge in [0.2, 0.25) is 0 Å². The number of halogens is 2. The summed E-state index contributed by atoms with van der Waals surface area (Å²) < 4.78 is 15.8. The first-order chi connectivity index (χ1) is 15.9. The van der Waals surface area contributed by atoms with Crippen LogP contribution in [0.1, 0.15) is 48.1 Å². The summed E-state index contributed by atoms with van der Waals surface area (Å²) in [4.78, 5) is 17.6. The van der Waals surface area contributed by atoms with Gasteiger partial charge in [-0.15, -0.1) is 0 Å². The van der Waals surface area contributed by atoms with Crippen molar-refractivity contribution in [1.82, 2.24) is 19.6 Å². The second-order valence-electron chi connectivity index (χ2n) is 8.97. The number of fused-ring (bicyclic) bond motifs is 1. The molecule has 174 valence electrons. The SMILES string of the molecule is CCN1CCc2c(c(CN(CC(C)C)C(=O)c3cccc(Cl)c3)nn2-c2cccc(F)c2)C1. The van der Waals surface area contributed by atoms with E-state index in [1.165, 1.54) is 12.1 Å². The molecule has 7 heteroatoms. The van der Waals surface area contributed by atoms with E-state index in [2.05, 4.69) is 25.7 Å². The number of carbonyl (C=O) groups is 1. The number of hydrogen-bond acceptors (Lipinski definition) is 3. The smallest absolute Gasteiger partial charge is 0.254 e. The van der Waals surface area contributed by atoms with E-state index in [-0.39, 0.29) is 11.7 Å². The van der Waals surface area contributed by atoms with Crippen molar-refractivity contribution in [3.63, 3.8) is 0 Å². The Kier molecular flexibility index (Phi) is 7.15. The summed E-state index contributed by atoms with van der Waals surface area (Å²) in [5.41, 5.74) is 4.37. The van der Waals surface area contributed by atoms with Crippen LogP contribution in [-0.4, -0.2) is 45.1 Å². The van der Waals surface area contributed by atoms with E-state index >= 15 is 0 Å². The van der Waals surface area contributed by atoms with Gasteiger partial charge >= 0.3 is 0 Å². The number of hydrogen-bond donors (Lipinski definition) is 0. The summed E-state index contributed by atoms with van der Waals surface area (Å²) in [7, 11) is 0. The number of aromatic nitrogens is 2. The van der Waals surface area contributed by atoms with Crippen LogP contribution < -0.4 is 0 Å². The summed E-state index contributed by atoms with van der Waals surface area (Å²) in [6.45, 7) is 9.99. The van der Waals surface area contributed by atoms with Crippen LogP contribution in [0.2, 0.25) is 5.02 Å². The minimum Gasteiger partial charge on any atom is -0.332 e. The van der Waals surface area contributed by atoms with Crippen LogP contribution >= 0.6 is 11.6 Å². The van der Waals surface area contributed by atoms with Gasteiger partial charge in [0.1, 0.15) is 5.82 Å². The zero-order valence-electron chi connectivity index (χ0n) is 19.4. The third-order valence-corrected chi connectivity index (χ3v) is 6.24. The predicted octanol–water partition coefficient (Wildman–Crippen LogP) is 5.34. The van der Waals surface area contributed by atoms with Gasteiger partial charge in [-0.1, -0.05) is 44.5 Å². The average molecular weight is 469 g/mol. The van der Waals surface area contributed by atoms with E-state index in [1.807, 2.05) is 15.6 Å². The molecule has 0 spiro atoms. The van der Waals surface area contributed by atoms with Crippen molar-refractivity contribution < 1.29 is 9.18 Å². The number of carbonyl (C=O) groups excluding carboxylic acids is 1. The summed E-state index contributed by atoms with van der Waals surface area (Å²) in [6.07, 6.45) is 0.832. The number of nitrogens with zero attached hydrogens (tertiary/aromatic N) is 4. The molecule has 1 aliphatic rings. The van der Waals surface area contributed by atoms with E-state index in [0.29, 0.717) is 35.3 Å². The Labute approximate surface area is 199 Å². The van der Waals surface area contributed by atoms with Gasteiger partial charge in [-0.25, -0.2) is 9.07 Å². The fourth-order valence-electron chi connectivity index (χ4n) is 4.41. The molecule has 0 aliphatic carbocycles. The normalized spacial score (nSPS) is 13.9. The highest BCUT2D eigenvalue weighted by atomic mass is 35.5. The second-order valence-corrected chi connectivity index (χ2v) is 9.41. The highest BCUT2D eigenvalue weighted by Crippen LogP contribution is 2.27. The number of likely N-dealkylation sites (N-methyl/N-ethyl adjacent to an activating group) is 1. The van der Waals surface area contributed by atoms with Crippen LogP contribution in [-0.2, 0) is 19.5 Å². The van der Waals surface area contributed by atoms with Gasteiger partial charge < -0.3 is 4.90 Å². The van der Waals surface area contributed by atoms with Crippen molar-refractivity contribution in [2.45, 2.75) is 40.3 Å². The number of rotatable bonds is 7. The lowest BCUT2D eigenvalue weighted by Gasteiger charge is -2.28. The largest absolute Gasteiger partial charge is 0.332 e. The highest BCUT2D eigenvalue weighted by molar-refractivity contribution is 6.30. The van der Waals surface area contributed by atoms with Gasteiger partial charge in [-0.3, -0.25) is 9.69 Å². The minimum atomic E-state index is -0.290. The Morgan fingerprint density at radius 1 is 1.21 bits per heavy atom. The lowest BCUT2D eigenvalue weighted by atomic mass is 10.0.